The molecule has 3 aromatic rings. The number of imidazole rings is 1. The maximum absolute atomic E-state index is 12.5. The molecule has 0 saturated heterocycles. The van der Waals surface area contributed by atoms with Crippen LogP contribution in [0.3, 0.4) is 0 Å². The van der Waals surface area contributed by atoms with E-state index in [1.165, 1.54) is 0 Å². The van der Waals surface area contributed by atoms with E-state index in [-0.39, 0.29) is 5.91 Å². The minimum atomic E-state index is -0.110. The van der Waals surface area contributed by atoms with Gasteiger partial charge in [-0.3, -0.25) is 4.79 Å². The lowest BCUT2D eigenvalue weighted by atomic mass is 10.1. The Morgan fingerprint density at radius 1 is 1.29 bits per heavy atom. The molecular weight excluding hydrogens is 304 g/mol. The fourth-order valence-electron chi connectivity index (χ4n) is 2.44. The zero-order valence-corrected chi connectivity index (χ0v) is 13.3. The first-order valence-electron chi connectivity index (χ1n) is 7.85. The Kier molecular flexibility index (Phi) is 5.02. The van der Waals surface area contributed by atoms with E-state index < -0.39 is 0 Å². The third-order valence-corrected chi connectivity index (χ3v) is 3.71. The lowest BCUT2D eigenvalue weighted by molar-refractivity contribution is 0.0952. The van der Waals surface area contributed by atoms with Crippen LogP contribution in [-0.4, -0.2) is 31.8 Å². The number of hydrogen-bond donors (Lipinski definition) is 2. The van der Waals surface area contributed by atoms with E-state index in [0.717, 1.165) is 24.2 Å². The summed E-state index contributed by atoms with van der Waals surface area (Å²) in [5.41, 5.74) is 7.87. The summed E-state index contributed by atoms with van der Waals surface area (Å²) in [7, 11) is 0. The molecule has 2 heterocycles. The number of nitrogens with two attached hydrogens (primary N) is 1. The number of aromatic nitrogens is 4. The fraction of sp³-hybridized carbons (Fsp3) is 0.235. The number of nitrogens with one attached hydrogen (secondary N) is 1. The van der Waals surface area contributed by atoms with Crippen LogP contribution in [0.25, 0.3) is 5.69 Å². The van der Waals surface area contributed by atoms with Crippen molar-refractivity contribution in [2.45, 2.75) is 19.5 Å². The molecule has 2 aromatic heterocycles. The molecule has 0 saturated carbocycles. The van der Waals surface area contributed by atoms with Crippen LogP contribution in [0.5, 0.6) is 0 Å². The second-order valence-electron chi connectivity index (χ2n) is 5.42. The van der Waals surface area contributed by atoms with Crippen molar-refractivity contribution in [3.05, 3.63) is 66.5 Å². The summed E-state index contributed by atoms with van der Waals surface area (Å²) in [6, 6.07) is 7.39. The van der Waals surface area contributed by atoms with Crippen molar-refractivity contribution in [3.63, 3.8) is 0 Å². The van der Waals surface area contributed by atoms with Gasteiger partial charge in [-0.25, -0.2) is 9.67 Å². The Morgan fingerprint density at radius 3 is 2.92 bits per heavy atom. The summed E-state index contributed by atoms with van der Waals surface area (Å²) >= 11 is 0. The topological polar surface area (TPSA) is 90.8 Å². The van der Waals surface area contributed by atoms with Crippen molar-refractivity contribution in [2.24, 2.45) is 5.73 Å². The second-order valence-corrected chi connectivity index (χ2v) is 5.42. The molecule has 124 valence electrons. The van der Waals surface area contributed by atoms with Crippen LogP contribution in [0.4, 0.5) is 0 Å². The average Bonchev–Trinajstić information content (AvgIpc) is 3.30. The Morgan fingerprint density at radius 2 is 2.17 bits per heavy atom. The number of carbonyl (C=O) groups excluding carboxylic acids is 1. The van der Waals surface area contributed by atoms with Crippen LogP contribution in [-0.2, 0) is 13.1 Å². The van der Waals surface area contributed by atoms with Gasteiger partial charge in [0.05, 0.1) is 23.8 Å². The molecule has 0 spiro atoms. The first-order valence-corrected chi connectivity index (χ1v) is 7.85. The van der Waals surface area contributed by atoms with Crippen LogP contribution >= 0.6 is 0 Å². The summed E-state index contributed by atoms with van der Waals surface area (Å²) in [6.45, 7) is 1.84. The van der Waals surface area contributed by atoms with E-state index in [4.69, 9.17) is 5.73 Å². The standard InChI is InChI=1S/C17H20N6O/c18-10-14-11-21-23(12-14)16-5-2-1-4-15(16)17(24)20-6-3-8-22-9-7-19-13-22/h1-2,4-5,7,9,11-13H,3,6,8,10,18H2,(H,20,24). The second kappa shape index (κ2) is 7.56. The van der Waals surface area contributed by atoms with E-state index in [0.29, 0.717) is 18.7 Å². The Balaban J connectivity index is 1.64. The molecule has 7 heteroatoms. The summed E-state index contributed by atoms with van der Waals surface area (Å²) < 4.78 is 3.67. The van der Waals surface area contributed by atoms with Crippen LogP contribution < -0.4 is 11.1 Å². The fourth-order valence-corrected chi connectivity index (χ4v) is 2.44. The van der Waals surface area contributed by atoms with Gasteiger partial charge in [0.1, 0.15) is 0 Å². The number of rotatable bonds is 7. The van der Waals surface area contributed by atoms with E-state index >= 15 is 0 Å². The largest absolute Gasteiger partial charge is 0.352 e. The molecular formula is C17H20N6O. The SMILES string of the molecule is NCc1cnn(-c2ccccc2C(=O)NCCCn2ccnc2)c1. The Hall–Kier alpha value is -2.93. The van der Waals surface area contributed by atoms with Gasteiger partial charge in [0.25, 0.3) is 5.91 Å². The van der Waals surface area contributed by atoms with Gasteiger partial charge in [0.2, 0.25) is 0 Å². The van der Waals surface area contributed by atoms with E-state index in [9.17, 15) is 4.79 Å². The van der Waals surface area contributed by atoms with Gasteiger partial charge in [-0.1, -0.05) is 12.1 Å². The molecule has 24 heavy (non-hydrogen) atoms. The summed E-state index contributed by atoms with van der Waals surface area (Å²) in [5, 5.41) is 7.23. The van der Waals surface area contributed by atoms with Gasteiger partial charge in [0.15, 0.2) is 0 Å². The van der Waals surface area contributed by atoms with Gasteiger partial charge in [-0.2, -0.15) is 5.10 Å². The molecule has 0 unspecified atom stereocenters. The highest BCUT2D eigenvalue weighted by Crippen LogP contribution is 2.14. The molecule has 1 aromatic carbocycles. The van der Waals surface area contributed by atoms with E-state index in [1.54, 1.807) is 29.5 Å². The van der Waals surface area contributed by atoms with E-state index in [2.05, 4.69) is 15.4 Å². The molecule has 3 N–H and O–H groups in total. The van der Waals surface area contributed by atoms with Gasteiger partial charge >= 0.3 is 0 Å². The highest BCUT2D eigenvalue weighted by Gasteiger charge is 2.12. The van der Waals surface area contributed by atoms with Crippen molar-refractivity contribution >= 4 is 5.91 Å². The smallest absolute Gasteiger partial charge is 0.253 e. The van der Waals surface area contributed by atoms with Crippen molar-refractivity contribution < 1.29 is 4.79 Å². The van der Waals surface area contributed by atoms with Crippen LogP contribution in [0, 0.1) is 0 Å². The molecule has 0 atom stereocenters. The molecule has 0 aliphatic heterocycles. The highest BCUT2D eigenvalue weighted by atomic mass is 16.1. The number of benzene rings is 1. The van der Waals surface area contributed by atoms with Crippen LogP contribution in [0.1, 0.15) is 22.3 Å². The van der Waals surface area contributed by atoms with Gasteiger partial charge in [0, 0.05) is 43.8 Å². The normalized spacial score (nSPS) is 10.7. The zero-order valence-electron chi connectivity index (χ0n) is 13.3. The summed E-state index contributed by atoms with van der Waals surface area (Å²) in [5.74, 6) is -0.110. The first kappa shape index (κ1) is 15.9. The minimum absolute atomic E-state index is 0.110. The maximum Gasteiger partial charge on any atom is 0.253 e. The van der Waals surface area contributed by atoms with Crippen molar-refractivity contribution in [3.8, 4) is 5.69 Å². The molecule has 7 nitrogen and oxygen atoms in total. The number of nitrogens with zero attached hydrogens (tertiary/aromatic N) is 4. The summed E-state index contributed by atoms with van der Waals surface area (Å²) in [6.07, 6.45) is 9.80. The molecule has 1 amide bonds. The van der Waals surface area contributed by atoms with Crippen LogP contribution in [0.2, 0.25) is 0 Å². The monoisotopic (exact) mass is 324 g/mol. The van der Waals surface area contributed by atoms with Crippen LogP contribution in [0.15, 0.2) is 55.4 Å². The van der Waals surface area contributed by atoms with Crippen molar-refractivity contribution in [1.82, 2.24) is 24.6 Å². The average molecular weight is 324 g/mol. The van der Waals surface area contributed by atoms with E-state index in [1.807, 2.05) is 35.2 Å². The van der Waals surface area contributed by atoms with Gasteiger partial charge < -0.3 is 15.6 Å². The molecule has 0 bridgehead atoms. The van der Waals surface area contributed by atoms with Gasteiger partial charge in [-0.15, -0.1) is 0 Å². The van der Waals surface area contributed by atoms with Gasteiger partial charge in [-0.05, 0) is 18.6 Å². The number of aryl methyl sites for hydroxylation is 1. The van der Waals surface area contributed by atoms with Crippen molar-refractivity contribution in [2.75, 3.05) is 6.54 Å². The third kappa shape index (κ3) is 3.69. The molecule has 0 radical (unpaired) electrons. The zero-order chi connectivity index (χ0) is 16.8. The maximum atomic E-state index is 12.5. The predicted molar refractivity (Wildman–Crippen MR) is 90.6 cm³/mol. The predicted octanol–water partition coefficient (Wildman–Crippen LogP) is 1.35. The Labute approximate surface area is 140 Å². The number of carbonyl (C=O) groups is 1. The lowest BCUT2D eigenvalue weighted by Crippen LogP contribution is -2.26. The summed E-state index contributed by atoms with van der Waals surface area (Å²) in [4.78, 5) is 16.5. The third-order valence-electron chi connectivity index (χ3n) is 3.71. The molecule has 0 aliphatic carbocycles. The Bertz CT molecular complexity index is 793. The number of para-hydroxylation sites is 1. The van der Waals surface area contributed by atoms with Crippen molar-refractivity contribution in [1.29, 1.82) is 0 Å². The molecule has 3 rings (SSSR count). The minimum Gasteiger partial charge on any atom is -0.352 e. The molecule has 0 fully saturated rings. The number of amides is 1. The first-order chi connectivity index (χ1) is 11.8. The lowest BCUT2D eigenvalue weighted by Gasteiger charge is -2.10. The highest BCUT2D eigenvalue weighted by molar-refractivity contribution is 5.97. The number of hydrogen-bond acceptors (Lipinski definition) is 4. The molecule has 0 aliphatic rings. The quantitative estimate of drug-likeness (QED) is 0.642.